The maximum atomic E-state index is 4.45. The van der Waals surface area contributed by atoms with Gasteiger partial charge in [-0.3, -0.25) is 0 Å². The van der Waals surface area contributed by atoms with Crippen molar-refractivity contribution >= 4 is 0 Å². The van der Waals surface area contributed by atoms with Gasteiger partial charge in [0.2, 0.25) is 0 Å². The number of benzene rings is 11. The molecule has 11 aromatic carbocycles. The zero-order valence-electron chi connectivity index (χ0n) is 62.4. The Hall–Kier alpha value is -11.9. The molecule has 0 unspecified atom stereocenters. The van der Waals surface area contributed by atoms with E-state index in [-0.39, 0.29) is 80.4 Å². The van der Waals surface area contributed by atoms with E-state index >= 15 is 0 Å². The van der Waals surface area contributed by atoms with E-state index < -0.39 is 0 Å². The van der Waals surface area contributed by atoms with Gasteiger partial charge in [-0.25, -0.2) is 0 Å². The van der Waals surface area contributed by atoms with Crippen LogP contribution in [0.15, 0.2) is 426 Å². The summed E-state index contributed by atoms with van der Waals surface area (Å²) in [6.07, 6.45) is 12.7. The Labute approximate surface area is 725 Å². The zero-order chi connectivity index (χ0) is 75.3. The normalized spacial score (nSPS) is 9.74. The van der Waals surface area contributed by atoms with Gasteiger partial charge in [-0.2, -0.15) is 0 Å². The van der Waals surface area contributed by atoms with Crippen LogP contribution in [0.4, 0.5) is 0 Å². The molecule has 0 bridgehead atoms. The number of nitrogens with zero attached hydrogens (tertiary/aromatic N) is 7. The predicted octanol–water partition coefficient (Wildman–Crippen LogP) is 25.1. The van der Waals surface area contributed by atoms with Crippen LogP contribution in [0, 0.1) is 56.3 Å². The SMILES string of the molecule is Cc1ccc(-c2[c-]ccc(-c3ccccc3)c2)nc1.Cc1ccnc(-c2[c-]ccc(-c3ccccc3)c2)c1.[Ir].[Ir].[Ir].[Ir].[c-]1cc(-c2ccccc2)ccc1-c1ccccn1.[c-]1ccc(-c2ccccc2)cc1-c1ccccn1.[c-]1ccccc1-c1ccccn1.[c-]1ccccc1-c1ccccn1.[c-]1ccccc1-c1ccccn1. The van der Waals surface area contributed by atoms with Crippen molar-refractivity contribution in [1.82, 2.24) is 34.9 Å². The largest absolute Gasteiger partial charge is 0.305 e. The summed E-state index contributed by atoms with van der Waals surface area (Å²) in [5, 5.41) is 0. The second kappa shape index (κ2) is 48.8. The first-order chi connectivity index (χ1) is 54.4. The molecule has 0 N–H and O–H groups in total. The summed E-state index contributed by atoms with van der Waals surface area (Å²) in [6, 6.07) is 150. The van der Waals surface area contributed by atoms with Gasteiger partial charge in [0.1, 0.15) is 0 Å². The Morgan fingerprint density at radius 1 is 0.175 bits per heavy atom. The molecule has 7 nitrogen and oxygen atoms in total. The topological polar surface area (TPSA) is 90.2 Å². The number of rotatable bonds is 11. The Morgan fingerprint density at radius 2 is 0.474 bits per heavy atom. The summed E-state index contributed by atoms with van der Waals surface area (Å²) in [6.45, 7) is 4.12. The number of hydrogen-bond donors (Lipinski definition) is 0. The summed E-state index contributed by atoms with van der Waals surface area (Å²) in [7, 11) is 0. The summed E-state index contributed by atoms with van der Waals surface area (Å²) in [5.41, 5.74) is 26.0. The van der Waals surface area contributed by atoms with Crippen molar-refractivity contribution in [2.75, 3.05) is 0 Å². The molecule has 0 amide bonds. The molecule has 566 valence electrons. The fourth-order valence-electron chi connectivity index (χ4n) is 11.2. The first kappa shape index (κ1) is 87.6. The summed E-state index contributed by atoms with van der Waals surface area (Å²) in [5.74, 6) is 0. The quantitative estimate of drug-likeness (QED) is 0.119. The Balaban J connectivity index is 0.000000167. The number of hydrogen-bond acceptors (Lipinski definition) is 7. The zero-order valence-corrected chi connectivity index (χ0v) is 72.0. The van der Waals surface area contributed by atoms with E-state index in [0.717, 1.165) is 78.8 Å². The van der Waals surface area contributed by atoms with Gasteiger partial charge in [0.25, 0.3) is 0 Å². The van der Waals surface area contributed by atoms with Gasteiger partial charge in [-0.05, 0) is 112 Å². The molecule has 0 fully saturated rings. The standard InChI is InChI=1S/2C18H14N.2C17H12N.3C11H8N.4Ir/c1-14-10-11-18(19-13-14)17-9-5-8-16(12-17)15-6-3-2-4-7-15;1-14-10-11-19-18(12-14)17-9-5-8-16(13-17)15-6-3-2-4-7-15;1-2-7-14(8-3-1)15-9-6-10-16(13-15)17-11-4-5-12-18-17;1-2-6-14(7-3-1)15-9-11-16(12-10-15)17-8-4-5-13-18-17;3*1-2-6-10(7-3-1)11-8-4-5-9-12-11;;;;/h2*2-8,10-13H,1H3;1-9,11-13H;1-11,13H;3*1-6,8-9H;;;;/q7*-1;;;;. The van der Waals surface area contributed by atoms with Crippen molar-refractivity contribution in [2.45, 2.75) is 13.8 Å². The van der Waals surface area contributed by atoms with Gasteiger partial charge in [-0.1, -0.05) is 217 Å². The summed E-state index contributed by atoms with van der Waals surface area (Å²) < 4.78 is 0. The third-order valence-electron chi connectivity index (χ3n) is 16.9. The van der Waals surface area contributed by atoms with Crippen molar-refractivity contribution < 1.29 is 80.4 Å². The fourth-order valence-corrected chi connectivity index (χ4v) is 11.2. The van der Waals surface area contributed by atoms with Crippen LogP contribution >= 0.6 is 0 Å². The van der Waals surface area contributed by atoms with Crippen molar-refractivity contribution in [3.8, 4) is 123 Å². The van der Waals surface area contributed by atoms with E-state index in [9.17, 15) is 0 Å². The maximum Gasteiger partial charge on any atom is 0.0190 e. The van der Waals surface area contributed by atoms with Gasteiger partial charge in [-0.15, -0.1) is 244 Å². The van der Waals surface area contributed by atoms with E-state index in [1.165, 1.54) is 55.6 Å². The molecule has 0 aliphatic rings. The first-order valence-corrected chi connectivity index (χ1v) is 36.0. The van der Waals surface area contributed by atoms with Gasteiger partial charge in [0, 0.05) is 124 Å². The number of aromatic nitrogens is 7. The molecule has 114 heavy (non-hydrogen) atoms. The molecule has 11 heteroatoms. The van der Waals surface area contributed by atoms with Crippen molar-refractivity contribution in [3.63, 3.8) is 0 Å². The van der Waals surface area contributed by atoms with Crippen molar-refractivity contribution in [1.29, 1.82) is 0 Å². The molecule has 0 atom stereocenters. The average molecular weight is 2180 g/mol. The molecule has 0 aliphatic carbocycles. The Kier molecular flexibility index (Phi) is 37.5. The van der Waals surface area contributed by atoms with Crippen LogP contribution in [0.25, 0.3) is 123 Å². The smallest absolute Gasteiger partial charge is 0.0190 e. The Morgan fingerprint density at radius 3 is 0.772 bits per heavy atom. The fraction of sp³-hybridized carbons (Fsp3) is 0.0194. The van der Waals surface area contributed by atoms with E-state index in [1.807, 2.05) is 268 Å². The Bertz CT molecular complexity index is 5210. The molecule has 7 aromatic heterocycles. The summed E-state index contributed by atoms with van der Waals surface area (Å²) in [4.78, 5) is 30.2. The van der Waals surface area contributed by atoms with Crippen LogP contribution in [-0.2, 0) is 80.4 Å². The van der Waals surface area contributed by atoms with Crippen LogP contribution in [0.2, 0.25) is 0 Å². The molecule has 0 saturated carbocycles. The monoisotopic (exact) mass is 2180 g/mol. The van der Waals surface area contributed by atoms with Gasteiger partial charge in [0.15, 0.2) is 0 Å². The van der Waals surface area contributed by atoms with Gasteiger partial charge >= 0.3 is 0 Å². The van der Waals surface area contributed by atoms with Crippen LogP contribution < -0.4 is 0 Å². The molecule has 7 heterocycles. The third kappa shape index (κ3) is 27.8. The molecule has 0 saturated heterocycles. The molecular formula is C103H76Ir4N7-7. The second-order valence-electron chi connectivity index (χ2n) is 24.8. The van der Waals surface area contributed by atoms with Crippen LogP contribution in [0.1, 0.15) is 11.1 Å². The van der Waals surface area contributed by atoms with E-state index in [4.69, 9.17) is 0 Å². The second-order valence-corrected chi connectivity index (χ2v) is 24.8. The number of pyridine rings is 7. The van der Waals surface area contributed by atoms with E-state index in [2.05, 4.69) is 218 Å². The average Bonchev–Trinajstić information content (AvgIpc) is 0.848. The van der Waals surface area contributed by atoms with Crippen LogP contribution in [-0.4, -0.2) is 34.9 Å². The molecule has 4 radical (unpaired) electrons. The summed E-state index contributed by atoms with van der Waals surface area (Å²) >= 11 is 0. The minimum atomic E-state index is 0. The maximum absolute atomic E-state index is 4.45. The minimum absolute atomic E-state index is 0. The third-order valence-corrected chi connectivity index (χ3v) is 16.9. The van der Waals surface area contributed by atoms with Gasteiger partial charge < -0.3 is 34.9 Å². The number of aryl methyl sites for hydroxylation is 2. The predicted molar refractivity (Wildman–Crippen MR) is 451 cm³/mol. The van der Waals surface area contributed by atoms with E-state index in [0.29, 0.717) is 0 Å². The first-order valence-electron chi connectivity index (χ1n) is 36.0. The van der Waals surface area contributed by atoms with E-state index in [1.54, 1.807) is 31.0 Å². The van der Waals surface area contributed by atoms with Gasteiger partial charge in [0.05, 0.1) is 0 Å². The molecule has 18 rings (SSSR count). The molecular weight excluding hydrogens is 2100 g/mol. The van der Waals surface area contributed by atoms with Crippen LogP contribution in [0.3, 0.4) is 0 Å². The minimum Gasteiger partial charge on any atom is -0.305 e. The molecule has 0 spiro atoms. The van der Waals surface area contributed by atoms with Crippen molar-refractivity contribution in [3.05, 3.63) is 479 Å². The van der Waals surface area contributed by atoms with Crippen LogP contribution in [0.5, 0.6) is 0 Å². The molecule has 18 aromatic rings. The molecule has 0 aliphatic heterocycles. The van der Waals surface area contributed by atoms with Crippen molar-refractivity contribution in [2.24, 2.45) is 0 Å².